The molecule has 2 saturated carbocycles. The molecule has 52 heavy (non-hydrogen) atoms. The second kappa shape index (κ2) is 14.7. The molecular weight excluding hydrogens is 658 g/mol. The van der Waals surface area contributed by atoms with Crippen LogP contribution in [0, 0.1) is 17.3 Å². The first-order valence-electron chi connectivity index (χ1n) is 18.5. The van der Waals surface area contributed by atoms with Crippen LogP contribution in [0.1, 0.15) is 93.0 Å². The van der Waals surface area contributed by atoms with Crippen LogP contribution in [0.2, 0.25) is 0 Å². The molecule has 4 N–H and O–H groups in total. The van der Waals surface area contributed by atoms with E-state index in [2.05, 4.69) is 29.3 Å². The molecule has 0 aliphatic heterocycles. The van der Waals surface area contributed by atoms with Crippen molar-refractivity contribution in [2.75, 3.05) is 14.2 Å². The van der Waals surface area contributed by atoms with Crippen LogP contribution in [0.3, 0.4) is 0 Å². The van der Waals surface area contributed by atoms with Gasteiger partial charge < -0.3 is 34.5 Å². The van der Waals surface area contributed by atoms with Crippen molar-refractivity contribution in [2.45, 2.75) is 89.3 Å². The highest BCUT2D eigenvalue weighted by Crippen LogP contribution is 2.58. The topological polar surface area (TPSA) is 138 Å². The first-order valence-corrected chi connectivity index (χ1v) is 18.5. The zero-order chi connectivity index (χ0) is 36.6. The van der Waals surface area contributed by atoms with Gasteiger partial charge in [-0.05, 0) is 108 Å². The number of para-hydroxylation sites is 1. The Hall–Kier alpha value is -4.76. The monoisotopic (exact) mass is 707 g/mol. The van der Waals surface area contributed by atoms with Gasteiger partial charge >= 0.3 is 5.97 Å². The summed E-state index contributed by atoms with van der Waals surface area (Å²) < 4.78 is 16.5. The number of carbonyl (C=O) groups excluding carboxylic acids is 2. The van der Waals surface area contributed by atoms with Gasteiger partial charge in [0, 0.05) is 48.4 Å². The number of phenolic OH excluding ortho intramolecular Hbond substituents is 2. The molecule has 3 aliphatic rings. The minimum Gasteiger partial charge on any atom is -0.504 e. The van der Waals surface area contributed by atoms with Gasteiger partial charge in [0.05, 0.1) is 20.3 Å². The van der Waals surface area contributed by atoms with E-state index in [0.717, 1.165) is 52.6 Å². The van der Waals surface area contributed by atoms with E-state index in [0.29, 0.717) is 16.7 Å². The number of Topliss-reactive ketones (excluding diaryl/α,β-unsaturated/α-hetero) is 1. The van der Waals surface area contributed by atoms with Crippen LogP contribution in [0.25, 0.3) is 16.5 Å². The summed E-state index contributed by atoms with van der Waals surface area (Å²) in [6.07, 6.45) is 8.39. The van der Waals surface area contributed by atoms with Crippen molar-refractivity contribution in [3.8, 4) is 23.0 Å². The van der Waals surface area contributed by atoms with Crippen molar-refractivity contribution < 1.29 is 39.1 Å². The van der Waals surface area contributed by atoms with Crippen LogP contribution in [0.15, 0.2) is 66.7 Å². The van der Waals surface area contributed by atoms with E-state index in [1.807, 2.05) is 18.2 Å². The number of aromatic amines is 1. The average molecular weight is 708 g/mol. The van der Waals surface area contributed by atoms with E-state index in [9.17, 15) is 24.9 Å². The fraction of sp³-hybridized carbons (Fsp3) is 0.442. The molecule has 3 aliphatic carbocycles. The molecule has 1 heterocycles. The van der Waals surface area contributed by atoms with Gasteiger partial charge in [-0.1, -0.05) is 43.2 Å². The third-order valence-corrected chi connectivity index (χ3v) is 12.0. The number of rotatable bonds is 11. The van der Waals surface area contributed by atoms with Crippen LogP contribution in [0.4, 0.5) is 0 Å². The molecule has 1 spiro atoms. The molecule has 274 valence electrons. The van der Waals surface area contributed by atoms with Crippen LogP contribution in [0.5, 0.6) is 23.0 Å². The highest BCUT2D eigenvalue weighted by Gasteiger charge is 2.46. The molecule has 0 saturated heterocycles. The smallest absolute Gasteiger partial charge is 0.303 e. The molecule has 0 amide bonds. The standard InChI is InChI=1S/C43H49NO8/c1-25(45)52-42(38(48)16-26-10-11-37(47)40(17-26)50-2)21-29(46)20-31-30-12-15-43(13-6-7-14-43)24-28(30)18-34(32-22-39(49)41(51-3)23-33(31)32)36-19-27-8-4-5-9-35(27)44-36/h4-5,8-11,17-19,22-23,28,30-31,38,42,44,47-49H,6-7,12-16,20-21,24H2,1-3H3/t28-,30-,31+,38-,42-/m0/s1. The third kappa shape index (κ3) is 7.16. The van der Waals surface area contributed by atoms with E-state index >= 15 is 0 Å². The summed E-state index contributed by atoms with van der Waals surface area (Å²) in [4.78, 5) is 30.2. The van der Waals surface area contributed by atoms with Crippen LogP contribution >= 0.6 is 0 Å². The summed E-state index contributed by atoms with van der Waals surface area (Å²) in [5, 5.41) is 33.6. The maximum atomic E-state index is 14.3. The van der Waals surface area contributed by atoms with Gasteiger partial charge in [-0.3, -0.25) is 9.59 Å². The molecule has 3 aromatic carbocycles. The number of esters is 1. The summed E-state index contributed by atoms with van der Waals surface area (Å²) in [5.41, 5.74) is 5.79. The Morgan fingerprint density at radius 2 is 1.69 bits per heavy atom. The number of aromatic nitrogens is 1. The molecule has 1 aromatic heterocycles. The van der Waals surface area contributed by atoms with Gasteiger partial charge in [0.25, 0.3) is 0 Å². The lowest BCUT2D eigenvalue weighted by molar-refractivity contribution is -0.154. The van der Waals surface area contributed by atoms with Gasteiger partial charge in [0.1, 0.15) is 11.9 Å². The number of hydrogen-bond acceptors (Lipinski definition) is 8. The summed E-state index contributed by atoms with van der Waals surface area (Å²) in [5.74, 6) is 0.0870. The Labute approximate surface area is 304 Å². The number of ketones is 1. The van der Waals surface area contributed by atoms with Gasteiger partial charge in [0.2, 0.25) is 0 Å². The number of methoxy groups -OCH3 is 2. The lowest BCUT2D eigenvalue weighted by Gasteiger charge is -2.44. The molecule has 9 nitrogen and oxygen atoms in total. The maximum absolute atomic E-state index is 14.3. The predicted octanol–water partition coefficient (Wildman–Crippen LogP) is 7.99. The van der Waals surface area contributed by atoms with Gasteiger partial charge in [-0.2, -0.15) is 0 Å². The quantitative estimate of drug-likeness (QED) is 0.115. The molecule has 4 aromatic rings. The van der Waals surface area contributed by atoms with Crippen molar-refractivity contribution in [3.05, 3.63) is 89.1 Å². The molecule has 0 bridgehead atoms. The largest absolute Gasteiger partial charge is 0.504 e. The number of carbonyl (C=O) groups is 2. The van der Waals surface area contributed by atoms with Crippen molar-refractivity contribution in [1.82, 2.24) is 4.98 Å². The normalized spacial score (nSPS) is 21.8. The van der Waals surface area contributed by atoms with Crippen molar-refractivity contribution in [2.24, 2.45) is 17.3 Å². The minimum absolute atomic E-state index is 0.0249. The van der Waals surface area contributed by atoms with Crippen LogP contribution in [-0.4, -0.2) is 58.5 Å². The van der Waals surface area contributed by atoms with E-state index in [4.69, 9.17) is 14.2 Å². The minimum atomic E-state index is -1.17. The number of fused-ring (bicyclic) bond motifs is 3. The van der Waals surface area contributed by atoms with E-state index < -0.39 is 18.2 Å². The highest BCUT2D eigenvalue weighted by molar-refractivity contribution is 5.90. The van der Waals surface area contributed by atoms with Crippen molar-refractivity contribution in [1.29, 1.82) is 0 Å². The Kier molecular flexibility index (Phi) is 10.1. The summed E-state index contributed by atoms with van der Waals surface area (Å²) in [6.45, 7) is 1.27. The van der Waals surface area contributed by atoms with Crippen molar-refractivity contribution in [3.63, 3.8) is 0 Å². The number of ether oxygens (including phenoxy) is 3. The van der Waals surface area contributed by atoms with Gasteiger partial charge in [0.15, 0.2) is 23.0 Å². The second-order valence-electron chi connectivity index (χ2n) is 15.2. The third-order valence-electron chi connectivity index (χ3n) is 12.0. The highest BCUT2D eigenvalue weighted by atomic mass is 16.6. The zero-order valence-electron chi connectivity index (χ0n) is 30.2. The number of hydrogen-bond donors (Lipinski definition) is 4. The molecule has 2 fully saturated rings. The average Bonchev–Trinajstić information content (AvgIpc) is 3.74. The number of H-pyrrole nitrogens is 1. The first-order chi connectivity index (χ1) is 25.1. The Bertz CT molecular complexity index is 1960. The fourth-order valence-corrected chi connectivity index (χ4v) is 9.48. The van der Waals surface area contributed by atoms with E-state index in [1.165, 1.54) is 52.9 Å². The summed E-state index contributed by atoms with van der Waals surface area (Å²) >= 11 is 0. The van der Waals surface area contributed by atoms with Gasteiger partial charge in [-0.15, -0.1) is 0 Å². The number of nitrogens with one attached hydrogen (secondary N) is 1. The molecule has 9 heteroatoms. The van der Waals surface area contributed by atoms with Crippen LogP contribution in [-0.2, 0) is 20.7 Å². The lowest BCUT2D eigenvalue weighted by Crippen LogP contribution is -2.36. The van der Waals surface area contributed by atoms with E-state index in [1.54, 1.807) is 18.2 Å². The molecular formula is C43H49NO8. The number of allylic oxidation sites excluding steroid dienone is 1. The number of phenols is 2. The number of aliphatic hydroxyl groups is 1. The molecule has 0 unspecified atom stereocenters. The number of benzene rings is 3. The zero-order valence-corrected chi connectivity index (χ0v) is 30.2. The van der Waals surface area contributed by atoms with Crippen molar-refractivity contribution >= 4 is 28.2 Å². The molecule has 0 radical (unpaired) electrons. The summed E-state index contributed by atoms with van der Waals surface area (Å²) in [7, 11) is 2.98. The Morgan fingerprint density at radius 3 is 2.42 bits per heavy atom. The Balaban J connectivity index is 1.25. The van der Waals surface area contributed by atoms with E-state index in [-0.39, 0.29) is 60.0 Å². The fourth-order valence-electron chi connectivity index (χ4n) is 9.48. The Morgan fingerprint density at radius 1 is 0.942 bits per heavy atom. The summed E-state index contributed by atoms with van der Waals surface area (Å²) in [6, 6.07) is 18.8. The predicted molar refractivity (Wildman–Crippen MR) is 199 cm³/mol. The maximum Gasteiger partial charge on any atom is 0.303 e. The SMILES string of the molecule is COc1cc(C[C@H](O)[C@H](CC(=O)C[C@H]2c3cc(OC)c(O)cc3C(c3cc4ccccc4[nH]3)=C[C@H]3CC4(CCCC4)CC[C@@H]32)OC(C)=O)ccc1O. The number of aromatic hydroxyl groups is 2. The second-order valence-corrected chi connectivity index (χ2v) is 15.2. The van der Waals surface area contributed by atoms with Gasteiger partial charge in [-0.25, -0.2) is 0 Å². The lowest BCUT2D eigenvalue weighted by atomic mass is 9.60. The van der Waals surface area contributed by atoms with Crippen LogP contribution < -0.4 is 9.47 Å². The first kappa shape index (κ1) is 35.6. The molecule has 7 rings (SSSR count). The molecule has 5 atom stereocenters. The number of aliphatic hydroxyl groups excluding tert-OH is 1.